The van der Waals surface area contributed by atoms with Crippen LogP contribution >= 0.6 is 15.9 Å². The number of ether oxygens (including phenoxy) is 3. The summed E-state index contributed by atoms with van der Waals surface area (Å²) in [4.78, 5) is 11.4. The molecule has 1 aromatic rings. The number of esters is 1. The third-order valence-electron chi connectivity index (χ3n) is 2.60. The van der Waals surface area contributed by atoms with E-state index in [2.05, 4.69) is 20.7 Å². The van der Waals surface area contributed by atoms with Crippen LogP contribution in [0.4, 0.5) is 0 Å². The number of aliphatic hydroxyl groups is 1. The summed E-state index contributed by atoms with van der Waals surface area (Å²) in [6, 6.07) is 3.31. The number of carbonyl (C=O) groups is 1. The molecule has 5 nitrogen and oxygen atoms in total. The molecule has 18 heavy (non-hydrogen) atoms. The Hall–Kier alpha value is -1.27. The van der Waals surface area contributed by atoms with E-state index < -0.39 is 12.1 Å². The van der Waals surface area contributed by atoms with E-state index in [9.17, 15) is 9.90 Å². The van der Waals surface area contributed by atoms with Crippen molar-refractivity contribution in [3.63, 3.8) is 0 Å². The van der Waals surface area contributed by atoms with Crippen LogP contribution < -0.4 is 9.47 Å². The van der Waals surface area contributed by atoms with Crippen molar-refractivity contribution < 1.29 is 24.1 Å². The lowest BCUT2D eigenvalue weighted by Gasteiger charge is -2.16. The minimum Gasteiger partial charge on any atom is -0.489 e. The lowest BCUT2D eigenvalue weighted by molar-refractivity contribution is -0.150. The average molecular weight is 317 g/mol. The Morgan fingerprint density at radius 3 is 2.72 bits per heavy atom. The van der Waals surface area contributed by atoms with E-state index in [4.69, 9.17) is 9.47 Å². The number of halogens is 1. The van der Waals surface area contributed by atoms with Crippen LogP contribution in [0.5, 0.6) is 11.5 Å². The molecule has 98 valence electrons. The zero-order valence-electron chi connectivity index (χ0n) is 9.81. The molecule has 0 fully saturated rings. The fraction of sp³-hybridized carbons (Fsp3) is 0.417. The number of benzene rings is 1. The normalized spacial score (nSPS) is 15.7. The van der Waals surface area contributed by atoms with Gasteiger partial charge in [-0.05, 0) is 22.0 Å². The largest absolute Gasteiger partial charge is 0.489 e. The van der Waals surface area contributed by atoms with E-state index in [1.807, 2.05) is 0 Å². The average Bonchev–Trinajstić information content (AvgIpc) is 2.64. The zero-order chi connectivity index (χ0) is 13.1. The Balaban J connectivity index is 2.45. The molecule has 1 aliphatic rings. The molecule has 0 aromatic heterocycles. The van der Waals surface area contributed by atoms with Crippen molar-refractivity contribution in [2.45, 2.75) is 12.5 Å². The standard InChI is InChI=1S/C12H13BrO5/c1-16-12(15)9(14)7-3-4-8(13)11-10(7)17-5-2-6-18-11/h3-4,9,14H,2,5-6H2,1H3. The lowest BCUT2D eigenvalue weighted by atomic mass is 10.1. The molecule has 0 amide bonds. The number of hydrogen-bond donors (Lipinski definition) is 1. The maximum atomic E-state index is 11.4. The van der Waals surface area contributed by atoms with Gasteiger partial charge in [0, 0.05) is 12.0 Å². The van der Waals surface area contributed by atoms with Gasteiger partial charge < -0.3 is 19.3 Å². The zero-order valence-corrected chi connectivity index (χ0v) is 11.4. The van der Waals surface area contributed by atoms with Gasteiger partial charge >= 0.3 is 5.97 Å². The fourth-order valence-corrected chi connectivity index (χ4v) is 2.13. The van der Waals surface area contributed by atoms with Gasteiger partial charge in [0.05, 0.1) is 24.8 Å². The summed E-state index contributed by atoms with van der Waals surface area (Å²) >= 11 is 3.35. The Labute approximate surface area is 113 Å². The van der Waals surface area contributed by atoms with E-state index in [0.29, 0.717) is 30.3 Å². The van der Waals surface area contributed by atoms with Gasteiger partial charge in [-0.1, -0.05) is 6.07 Å². The third kappa shape index (κ3) is 2.44. The van der Waals surface area contributed by atoms with Crippen LogP contribution in [-0.4, -0.2) is 31.4 Å². The quantitative estimate of drug-likeness (QED) is 0.843. The molecule has 6 heteroatoms. The summed E-state index contributed by atoms with van der Waals surface area (Å²) in [7, 11) is 1.22. The highest BCUT2D eigenvalue weighted by atomic mass is 79.9. The number of fused-ring (bicyclic) bond motifs is 1. The Kier molecular flexibility index (Phi) is 4.08. The number of carbonyl (C=O) groups excluding carboxylic acids is 1. The van der Waals surface area contributed by atoms with Gasteiger partial charge in [0.15, 0.2) is 17.6 Å². The first kappa shape index (κ1) is 13.2. The van der Waals surface area contributed by atoms with Gasteiger partial charge in [-0.3, -0.25) is 0 Å². The Bertz CT molecular complexity index is 460. The number of methoxy groups -OCH3 is 1. The summed E-state index contributed by atoms with van der Waals surface area (Å²) in [5.41, 5.74) is 0.349. The minimum absolute atomic E-state index is 0.349. The predicted molar refractivity (Wildman–Crippen MR) is 66.7 cm³/mol. The van der Waals surface area contributed by atoms with Gasteiger partial charge in [-0.15, -0.1) is 0 Å². The van der Waals surface area contributed by atoms with Crippen molar-refractivity contribution in [2.75, 3.05) is 20.3 Å². The fourth-order valence-electron chi connectivity index (χ4n) is 1.70. The first-order valence-electron chi connectivity index (χ1n) is 5.49. The monoisotopic (exact) mass is 316 g/mol. The molecule has 2 rings (SSSR count). The molecule has 1 unspecified atom stereocenters. The summed E-state index contributed by atoms with van der Waals surface area (Å²) < 4.78 is 16.3. The molecule has 0 saturated heterocycles. The van der Waals surface area contributed by atoms with Crippen molar-refractivity contribution >= 4 is 21.9 Å². The second-order valence-corrected chi connectivity index (χ2v) is 4.63. The molecule has 1 aliphatic heterocycles. The van der Waals surface area contributed by atoms with Gasteiger partial charge in [0.2, 0.25) is 0 Å². The molecular weight excluding hydrogens is 304 g/mol. The van der Waals surface area contributed by atoms with Crippen LogP contribution in [0.2, 0.25) is 0 Å². The minimum atomic E-state index is -1.38. The lowest BCUT2D eigenvalue weighted by Crippen LogP contribution is -2.15. The smallest absolute Gasteiger partial charge is 0.339 e. The van der Waals surface area contributed by atoms with Crippen LogP contribution in [0.25, 0.3) is 0 Å². The van der Waals surface area contributed by atoms with Gasteiger partial charge in [0.25, 0.3) is 0 Å². The maximum Gasteiger partial charge on any atom is 0.339 e. The molecule has 0 saturated carbocycles. The van der Waals surface area contributed by atoms with Crippen molar-refractivity contribution in [3.8, 4) is 11.5 Å². The van der Waals surface area contributed by atoms with Gasteiger partial charge in [-0.2, -0.15) is 0 Å². The van der Waals surface area contributed by atoms with Crippen molar-refractivity contribution in [2.24, 2.45) is 0 Å². The van der Waals surface area contributed by atoms with Crippen LogP contribution in [-0.2, 0) is 9.53 Å². The second-order valence-electron chi connectivity index (χ2n) is 3.77. The number of hydrogen-bond acceptors (Lipinski definition) is 5. The van der Waals surface area contributed by atoms with E-state index >= 15 is 0 Å². The molecule has 0 bridgehead atoms. The van der Waals surface area contributed by atoms with Crippen LogP contribution in [0.1, 0.15) is 18.1 Å². The summed E-state index contributed by atoms with van der Waals surface area (Å²) in [5, 5.41) is 9.90. The summed E-state index contributed by atoms with van der Waals surface area (Å²) in [6.07, 6.45) is -0.631. The van der Waals surface area contributed by atoms with Crippen LogP contribution in [0.15, 0.2) is 16.6 Å². The summed E-state index contributed by atoms with van der Waals surface area (Å²) in [5.74, 6) is 0.167. The Morgan fingerprint density at radius 1 is 1.39 bits per heavy atom. The highest BCUT2D eigenvalue weighted by molar-refractivity contribution is 9.10. The van der Waals surface area contributed by atoms with Gasteiger partial charge in [0.1, 0.15) is 0 Å². The van der Waals surface area contributed by atoms with E-state index in [1.54, 1.807) is 12.1 Å². The first-order chi connectivity index (χ1) is 8.65. The Morgan fingerprint density at radius 2 is 2.06 bits per heavy atom. The molecule has 1 aromatic carbocycles. The molecule has 0 aliphatic carbocycles. The van der Waals surface area contributed by atoms with E-state index in [-0.39, 0.29) is 0 Å². The summed E-state index contributed by atoms with van der Waals surface area (Å²) in [6.45, 7) is 1.01. The SMILES string of the molecule is COC(=O)C(O)c1ccc(Br)c2c1OCCCO2. The first-order valence-corrected chi connectivity index (χ1v) is 6.28. The highest BCUT2D eigenvalue weighted by Crippen LogP contribution is 2.42. The van der Waals surface area contributed by atoms with Crippen molar-refractivity contribution in [1.82, 2.24) is 0 Å². The van der Waals surface area contributed by atoms with E-state index in [0.717, 1.165) is 10.9 Å². The topological polar surface area (TPSA) is 65.0 Å². The third-order valence-corrected chi connectivity index (χ3v) is 3.22. The molecule has 1 heterocycles. The predicted octanol–water partition coefficient (Wildman–Crippen LogP) is 1.82. The van der Waals surface area contributed by atoms with E-state index in [1.165, 1.54) is 7.11 Å². The molecule has 1 N–H and O–H groups in total. The van der Waals surface area contributed by atoms with Gasteiger partial charge in [-0.25, -0.2) is 4.79 Å². The van der Waals surface area contributed by atoms with Crippen molar-refractivity contribution in [3.05, 3.63) is 22.2 Å². The number of aliphatic hydroxyl groups excluding tert-OH is 1. The second kappa shape index (κ2) is 5.58. The maximum absolute atomic E-state index is 11.4. The number of rotatable bonds is 2. The molecule has 0 spiro atoms. The van der Waals surface area contributed by atoms with Crippen LogP contribution in [0, 0.1) is 0 Å². The molecule has 0 radical (unpaired) electrons. The molecular formula is C12H13BrO5. The van der Waals surface area contributed by atoms with Crippen molar-refractivity contribution in [1.29, 1.82) is 0 Å². The van der Waals surface area contributed by atoms with Crippen LogP contribution in [0.3, 0.4) is 0 Å². The highest BCUT2D eigenvalue weighted by Gasteiger charge is 2.27. The molecule has 1 atom stereocenters.